The van der Waals surface area contributed by atoms with Crippen molar-refractivity contribution in [1.29, 1.82) is 0 Å². The van der Waals surface area contributed by atoms with Crippen LogP contribution in [0.3, 0.4) is 0 Å². The lowest BCUT2D eigenvalue weighted by molar-refractivity contribution is -0.117. The molecule has 0 saturated heterocycles. The summed E-state index contributed by atoms with van der Waals surface area (Å²) in [5, 5.41) is 6.82. The van der Waals surface area contributed by atoms with Crippen molar-refractivity contribution >= 4 is 11.7 Å². The summed E-state index contributed by atoms with van der Waals surface area (Å²) in [5.41, 5.74) is 0.989. The SMILES string of the molecule is O=C(Cn1nc(-c2cccnc2)ccc1=O)Nc1ccccn1. The van der Waals surface area contributed by atoms with E-state index in [2.05, 4.69) is 20.4 Å². The Bertz CT molecular complexity index is 862. The van der Waals surface area contributed by atoms with E-state index in [9.17, 15) is 9.59 Å². The second-order valence-electron chi connectivity index (χ2n) is 4.72. The molecule has 3 aromatic rings. The van der Waals surface area contributed by atoms with E-state index in [-0.39, 0.29) is 18.0 Å². The van der Waals surface area contributed by atoms with Gasteiger partial charge in [-0.1, -0.05) is 6.07 Å². The van der Waals surface area contributed by atoms with E-state index >= 15 is 0 Å². The van der Waals surface area contributed by atoms with Gasteiger partial charge in [0.25, 0.3) is 5.56 Å². The van der Waals surface area contributed by atoms with Crippen molar-refractivity contribution in [2.75, 3.05) is 5.32 Å². The minimum atomic E-state index is -0.373. The number of hydrogen-bond acceptors (Lipinski definition) is 5. The molecule has 0 aliphatic carbocycles. The smallest absolute Gasteiger partial charge is 0.267 e. The van der Waals surface area contributed by atoms with Gasteiger partial charge in [0.05, 0.1) is 5.69 Å². The van der Waals surface area contributed by atoms with Crippen LogP contribution in [0.15, 0.2) is 65.8 Å². The Balaban J connectivity index is 1.80. The Morgan fingerprint density at radius 3 is 2.74 bits per heavy atom. The van der Waals surface area contributed by atoms with E-state index in [0.717, 1.165) is 10.2 Å². The van der Waals surface area contributed by atoms with Gasteiger partial charge in [-0.05, 0) is 30.3 Å². The molecule has 3 heterocycles. The fourth-order valence-corrected chi connectivity index (χ4v) is 1.99. The van der Waals surface area contributed by atoms with Crippen LogP contribution in [0.2, 0.25) is 0 Å². The molecule has 0 unspecified atom stereocenters. The van der Waals surface area contributed by atoms with Crippen molar-refractivity contribution in [3.8, 4) is 11.3 Å². The van der Waals surface area contributed by atoms with Crippen LogP contribution < -0.4 is 10.9 Å². The summed E-state index contributed by atoms with van der Waals surface area (Å²) in [6.45, 7) is -0.191. The zero-order valence-electron chi connectivity index (χ0n) is 12.1. The van der Waals surface area contributed by atoms with Gasteiger partial charge in [0.15, 0.2) is 0 Å². The van der Waals surface area contributed by atoms with Gasteiger partial charge in [-0.25, -0.2) is 9.67 Å². The largest absolute Gasteiger partial charge is 0.309 e. The first-order valence-electron chi connectivity index (χ1n) is 6.92. The summed E-state index contributed by atoms with van der Waals surface area (Å²) in [5.74, 6) is 0.0515. The molecule has 3 rings (SSSR count). The second-order valence-corrected chi connectivity index (χ2v) is 4.72. The number of nitrogens with zero attached hydrogens (tertiary/aromatic N) is 4. The maximum atomic E-state index is 12.0. The molecule has 3 aromatic heterocycles. The lowest BCUT2D eigenvalue weighted by Gasteiger charge is -2.07. The predicted octanol–water partition coefficient (Wildman–Crippen LogP) is 1.34. The number of nitrogens with one attached hydrogen (secondary N) is 1. The molecule has 114 valence electrons. The maximum Gasteiger partial charge on any atom is 0.267 e. The third-order valence-corrected chi connectivity index (χ3v) is 3.05. The summed E-state index contributed by atoms with van der Waals surface area (Å²) >= 11 is 0. The van der Waals surface area contributed by atoms with Gasteiger partial charge in [0.1, 0.15) is 12.4 Å². The molecule has 0 bridgehead atoms. The zero-order chi connectivity index (χ0) is 16.1. The molecule has 0 aromatic carbocycles. The van der Waals surface area contributed by atoms with Gasteiger partial charge in [0.2, 0.25) is 5.91 Å². The topological polar surface area (TPSA) is 89.8 Å². The molecule has 23 heavy (non-hydrogen) atoms. The highest BCUT2D eigenvalue weighted by Crippen LogP contribution is 2.12. The fraction of sp³-hybridized carbons (Fsp3) is 0.0625. The number of carbonyl (C=O) groups excluding carboxylic acids is 1. The van der Waals surface area contributed by atoms with E-state index < -0.39 is 0 Å². The van der Waals surface area contributed by atoms with E-state index in [1.165, 1.54) is 6.07 Å². The molecular weight excluding hydrogens is 294 g/mol. The lowest BCUT2D eigenvalue weighted by Crippen LogP contribution is -2.29. The van der Waals surface area contributed by atoms with Crippen LogP contribution in [0, 0.1) is 0 Å². The number of hydrogen-bond donors (Lipinski definition) is 1. The Morgan fingerprint density at radius 2 is 2.00 bits per heavy atom. The van der Waals surface area contributed by atoms with E-state index in [0.29, 0.717) is 11.5 Å². The Morgan fingerprint density at radius 1 is 1.09 bits per heavy atom. The third-order valence-electron chi connectivity index (χ3n) is 3.05. The summed E-state index contributed by atoms with van der Waals surface area (Å²) in [6.07, 6.45) is 4.87. The van der Waals surface area contributed by atoms with Gasteiger partial charge in [-0.15, -0.1) is 0 Å². The Kier molecular flexibility index (Phi) is 4.19. The standard InChI is InChI=1S/C16H13N5O2/c22-15(19-14-5-1-2-9-18-14)11-21-16(23)7-6-13(20-21)12-4-3-8-17-10-12/h1-10H,11H2,(H,18,19,22). The summed E-state index contributed by atoms with van der Waals surface area (Å²) < 4.78 is 1.11. The monoisotopic (exact) mass is 307 g/mol. The normalized spacial score (nSPS) is 10.3. The predicted molar refractivity (Wildman–Crippen MR) is 84.6 cm³/mol. The van der Waals surface area contributed by atoms with Crippen molar-refractivity contribution in [2.45, 2.75) is 6.54 Å². The van der Waals surface area contributed by atoms with Crippen LogP contribution in [0.25, 0.3) is 11.3 Å². The highest BCUT2D eigenvalue weighted by Gasteiger charge is 2.08. The molecule has 0 atom stereocenters. The van der Waals surface area contributed by atoms with Crippen LogP contribution >= 0.6 is 0 Å². The Labute approximate surface area is 131 Å². The van der Waals surface area contributed by atoms with E-state index in [1.807, 2.05) is 6.07 Å². The van der Waals surface area contributed by atoms with Crippen molar-refractivity contribution in [1.82, 2.24) is 19.7 Å². The van der Waals surface area contributed by atoms with Crippen LogP contribution in [0.1, 0.15) is 0 Å². The van der Waals surface area contributed by atoms with Crippen LogP contribution in [-0.4, -0.2) is 25.7 Å². The van der Waals surface area contributed by atoms with Gasteiger partial charge < -0.3 is 5.32 Å². The van der Waals surface area contributed by atoms with Crippen molar-refractivity contribution in [2.24, 2.45) is 0 Å². The molecule has 7 heteroatoms. The highest BCUT2D eigenvalue weighted by molar-refractivity contribution is 5.89. The molecular formula is C16H13N5O2. The summed E-state index contributed by atoms with van der Waals surface area (Å²) in [7, 11) is 0. The van der Waals surface area contributed by atoms with Crippen LogP contribution in [0.4, 0.5) is 5.82 Å². The molecule has 7 nitrogen and oxygen atoms in total. The molecule has 0 saturated carbocycles. The van der Waals surface area contributed by atoms with E-state index in [4.69, 9.17) is 0 Å². The number of amides is 1. The molecule has 0 radical (unpaired) electrons. The van der Waals surface area contributed by atoms with Crippen LogP contribution in [-0.2, 0) is 11.3 Å². The quantitative estimate of drug-likeness (QED) is 0.785. The maximum absolute atomic E-state index is 12.0. The molecule has 0 aliphatic heterocycles. The second kappa shape index (κ2) is 6.61. The fourth-order valence-electron chi connectivity index (χ4n) is 1.99. The average Bonchev–Trinajstić information content (AvgIpc) is 2.58. The number of carbonyl (C=O) groups is 1. The van der Waals surface area contributed by atoms with Gasteiger partial charge in [0, 0.05) is 30.2 Å². The Hall–Kier alpha value is -3.35. The zero-order valence-corrected chi connectivity index (χ0v) is 12.1. The minimum Gasteiger partial charge on any atom is -0.309 e. The van der Waals surface area contributed by atoms with Gasteiger partial charge in [-0.3, -0.25) is 14.6 Å². The molecule has 1 N–H and O–H groups in total. The van der Waals surface area contributed by atoms with Gasteiger partial charge in [-0.2, -0.15) is 5.10 Å². The number of aromatic nitrogens is 4. The first-order chi connectivity index (χ1) is 11.2. The summed E-state index contributed by atoms with van der Waals surface area (Å²) in [6, 6.07) is 11.8. The highest BCUT2D eigenvalue weighted by atomic mass is 16.2. The van der Waals surface area contributed by atoms with Crippen LogP contribution in [0.5, 0.6) is 0 Å². The van der Waals surface area contributed by atoms with E-state index in [1.54, 1.807) is 48.9 Å². The van der Waals surface area contributed by atoms with Crippen molar-refractivity contribution < 1.29 is 4.79 Å². The van der Waals surface area contributed by atoms with Gasteiger partial charge >= 0.3 is 0 Å². The minimum absolute atomic E-state index is 0.191. The average molecular weight is 307 g/mol. The molecule has 0 aliphatic rings. The van der Waals surface area contributed by atoms with Crippen molar-refractivity contribution in [3.63, 3.8) is 0 Å². The molecule has 1 amide bonds. The lowest BCUT2D eigenvalue weighted by atomic mass is 10.2. The summed E-state index contributed by atoms with van der Waals surface area (Å²) in [4.78, 5) is 31.9. The number of anilines is 1. The van der Waals surface area contributed by atoms with Crippen molar-refractivity contribution in [3.05, 3.63) is 71.4 Å². The first kappa shape index (κ1) is 14.6. The molecule has 0 spiro atoms. The number of pyridine rings is 2. The molecule has 0 fully saturated rings. The third kappa shape index (κ3) is 3.65. The first-order valence-corrected chi connectivity index (χ1v) is 6.92. The number of rotatable bonds is 4.